The van der Waals surface area contributed by atoms with E-state index in [1.165, 1.54) is 11.3 Å². The van der Waals surface area contributed by atoms with Crippen LogP contribution in [0.3, 0.4) is 0 Å². The van der Waals surface area contributed by atoms with Gasteiger partial charge in [0.25, 0.3) is 0 Å². The summed E-state index contributed by atoms with van der Waals surface area (Å²) in [6.45, 7) is 0.654. The number of nitrogen functional groups attached to an aromatic ring is 1. The van der Waals surface area contributed by atoms with E-state index in [2.05, 4.69) is 0 Å². The predicted molar refractivity (Wildman–Crippen MR) is 99.1 cm³/mol. The van der Waals surface area contributed by atoms with Gasteiger partial charge < -0.3 is 10.6 Å². The van der Waals surface area contributed by atoms with Crippen molar-refractivity contribution in [2.24, 2.45) is 5.73 Å². The van der Waals surface area contributed by atoms with Crippen molar-refractivity contribution in [1.29, 1.82) is 10.8 Å². The van der Waals surface area contributed by atoms with Gasteiger partial charge in [-0.1, -0.05) is 30.3 Å². The number of hydrogen-bond donors (Lipinski definition) is 3. The van der Waals surface area contributed by atoms with Crippen molar-refractivity contribution in [3.8, 4) is 0 Å². The second kappa shape index (κ2) is 8.22. The summed E-state index contributed by atoms with van der Waals surface area (Å²) in [6, 6.07) is 12.0. The number of amidine groups is 2. The van der Waals surface area contributed by atoms with Gasteiger partial charge >= 0.3 is 0 Å². The standard InChI is InChI=1S/C15H18N4S2.ClH/c1-19(9-10-6-4-3-5-7-10)15(18)11-8-12(20-2)21-13(11)14(16)17;/h3-8,18H,9H2,1-2H3,(H3,16,17);1H. The van der Waals surface area contributed by atoms with Gasteiger partial charge in [0.05, 0.1) is 9.09 Å². The fourth-order valence-corrected chi connectivity index (χ4v) is 3.56. The molecule has 0 saturated heterocycles. The molecule has 0 saturated carbocycles. The van der Waals surface area contributed by atoms with Crippen molar-refractivity contribution in [2.45, 2.75) is 10.8 Å². The van der Waals surface area contributed by atoms with Gasteiger partial charge in [0.2, 0.25) is 0 Å². The number of nitrogens with one attached hydrogen (secondary N) is 2. The first kappa shape index (κ1) is 18.5. The highest BCUT2D eigenvalue weighted by Crippen LogP contribution is 2.30. The number of nitrogens with two attached hydrogens (primary N) is 1. The number of benzene rings is 1. The minimum atomic E-state index is 0. The molecular formula is C15H19ClN4S2. The molecule has 0 spiro atoms. The summed E-state index contributed by atoms with van der Waals surface area (Å²) < 4.78 is 1.06. The van der Waals surface area contributed by atoms with Crippen molar-refractivity contribution in [3.63, 3.8) is 0 Å². The molecule has 4 nitrogen and oxygen atoms in total. The molecular weight excluding hydrogens is 336 g/mol. The highest BCUT2D eigenvalue weighted by molar-refractivity contribution is 8.00. The van der Waals surface area contributed by atoms with E-state index < -0.39 is 0 Å². The van der Waals surface area contributed by atoms with E-state index in [4.69, 9.17) is 16.6 Å². The molecule has 1 aromatic carbocycles. The van der Waals surface area contributed by atoms with E-state index in [9.17, 15) is 0 Å². The normalized spacial score (nSPS) is 9.91. The molecule has 0 aliphatic carbocycles. The molecule has 118 valence electrons. The monoisotopic (exact) mass is 354 g/mol. The van der Waals surface area contributed by atoms with Crippen LogP contribution in [-0.4, -0.2) is 29.9 Å². The summed E-state index contributed by atoms with van der Waals surface area (Å²) in [6.07, 6.45) is 1.98. The molecule has 0 bridgehead atoms. The summed E-state index contributed by atoms with van der Waals surface area (Å²) in [4.78, 5) is 2.54. The van der Waals surface area contributed by atoms with Crippen molar-refractivity contribution in [1.82, 2.24) is 4.90 Å². The third-order valence-electron chi connectivity index (χ3n) is 3.05. The zero-order chi connectivity index (χ0) is 15.4. The Balaban J connectivity index is 0.00000242. The molecule has 0 unspecified atom stereocenters. The third kappa shape index (κ3) is 4.25. The van der Waals surface area contributed by atoms with Crippen LogP contribution in [0.15, 0.2) is 40.6 Å². The number of thioether (sulfide) groups is 1. The van der Waals surface area contributed by atoms with Crippen LogP contribution in [0.2, 0.25) is 0 Å². The van der Waals surface area contributed by atoms with Gasteiger partial charge in [0.1, 0.15) is 11.7 Å². The minimum absolute atomic E-state index is 0. The molecule has 7 heteroatoms. The van der Waals surface area contributed by atoms with E-state index in [1.807, 2.05) is 54.6 Å². The SMILES string of the molecule is CSc1cc(C(=N)N(C)Cc2ccccc2)c(C(=N)N)s1.Cl. The second-order valence-electron chi connectivity index (χ2n) is 4.62. The Morgan fingerprint density at radius 1 is 1.27 bits per heavy atom. The van der Waals surface area contributed by atoms with Crippen LogP contribution in [0.25, 0.3) is 0 Å². The number of halogens is 1. The molecule has 0 amide bonds. The third-order valence-corrected chi connectivity index (χ3v) is 5.29. The van der Waals surface area contributed by atoms with Crippen LogP contribution < -0.4 is 5.73 Å². The van der Waals surface area contributed by atoms with Crippen LogP contribution >= 0.6 is 35.5 Å². The lowest BCUT2D eigenvalue weighted by molar-refractivity contribution is 0.498. The van der Waals surface area contributed by atoms with Crippen LogP contribution in [0.1, 0.15) is 16.0 Å². The fraction of sp³-hybridized carbons (Fsp3) is 0.200. The number of hydrogen-bond acceptors (Lipinski definition) is 4. The average Bonchev–Trinajstić information content (AvgIpc) is 2.92. The second-order valence-corrected chi connectivity index (χ2v) is 6.77. The summed E-state index contributed by atoms with van der Waals surface area (Å²) in [5, 5.41) is 16.1. The zero-order valence-corrected chi connectivity index (χ0v) is 14.9. The highest BCUT2D eigenvalue weighted by Gasteiger charge is 2.18. The van der Waals surface area contributed by atoms with E-state index >= 15 is 0 Å². The number of rotatable bonds is 5. The Labute approximate surface area is 145 Å². The molecule has 2 rings (SSSR count). The lowest BCUT2D eigenvalue weighted by atomic mass is 10.1. The van der Waals surface area contributed by atoms with Crippen molar-refractivity contribution in [3.05, 3.63) is 52.4 Å². The van der Waals surface area contributed by atoms with Gasteiger partial charge in [-0.25, -0.2) is 0 Å². The Kier molecular flexibility index (Phi) is 6.93. The predicted octanol–water partition coefficient (Wildman–Crippen LogP) is 3.63. The summed E-state index contributed by atoms with van der Waals surface area (Å²) >= 11 is 3.07. The molecule has 0 fully saturated rings. The Hall–Kier alpha value is -1.50. The summed E-state index contributed by atoms with van der Waals surface area (Å²) in [5.74, 6) is 0.411. The molecule has 1 aromatic heterocycles. The first-order chi connectivity index (χ1) is 10.0. The smallest absolute Gasteiger partial charge is 0.133 e. The maximum Gasteiger partial charge on any atom is 0.133 e. The maximum absolute atomic E-state index is 8.38. The minimum Gasteiger partial charge on any atom is -0.383 e. The first-order valence-electron chi connectivity index (χ1n) is 6.39. The Morgan fingerprint density at radius 2 is 1.91 bits per heavy atom. The van der Waals surface area contributed by atoms with Gasteiger partial charge in [-0.2, -0.15) is 0 Å². The lowest BCUT2D eigenvalue weighted by Gasteiger charge is -2.20. The molecule has 0 aliphatic rings. The Bertz CT molecular complexity index is 655. The van der Waals surface area contributed by atoms with Crippen LogP contribution in [0.5, 0.6) is 0 Å². The first-order valence-corrected chi connectivity index (χ1v) is 8.43. The van der Waals surface area contributed by atoms with E-state index in [-0.39, 0.29) is 18.2 Å². The summed E-state index contributed by atoms with van der Waals surface area (Å²) in [5.41, 5.74) is 7.52. The quantitative estimate of drug-likeness (QED) is 0.436. The molecule has 0 radical (unpaired) electrons. The van der Waals surface area contributed by atoms with Crippen LogP contribution in [0, 0.1) is 10.8 Å². The molecule has 0 aliphatic heterocycles. The van der Waals surface area contributed by atoms with Crippen molar-refractivity contribution >= 4 is 47.2 Å². The van der Waals surface area contributed by atoms with Gasteiger partial charge in [-0.15, -0.1) is 35.5 Å². The average molecular weight is 355 g/mol. The topological polar surface area (TPSA) is 77.0 Å². The van der Waals surface area contributed by atoms with Gasteiger partial charge in [-0.3, -0.25) is 10.8 Å². The van der Waals surface area contributed by atoms with Crippen LogP contribution in [0.4, 0.5) is 0 Å². The molecule has 1 heterocycles. The van der Waals surface area contributed by atoms with E-state index in [0.29, 0.717) is 17.3 Å². The van der Waals surface area contributed by atoms with Crippen molar-refractivity contribution in [2.75, 3.05) is 13.3 Å². The number of nitrogens with zero attached hydrogens (tertiary/aromatic N) is 1. The lowest BCUT2D eigenvalue weighted by Crippen LogP contribution is -2.28. The largest absolute Gasteiger partial charge is 0.383 e. The molecule has 4 N–H and O–H groups in total. The maximum atomic E-state index is 8.38. The van der Waals surface area contributed by atoms with Gasteiger partial charge in [0, 0.05) is 19.2 Å². The van der Waals surface area contributed by atoms with E-state index in [0.717, 1.165) is 15.3 Å². The zero-order valence-electron chi connectivity index (χ0n) is 12.4. The highest BCUT2D eigenvalue weighted by atomic mass is 35.5. The molecule has 22 heavy (non-hydrogen) atoms. The fourth-order valence-electron chi connectivity index (χ4n) is 1.99. The van der Waals surface area contributed by atoms with E-state index in [1.54, 1.807) is 11.8 Å². The van der Waals surface area contributed by atoms with Crippen molar-refractivity contribution < 1.29 is 0 Å². The number of thiophene rings is 1. The van der Waals surface area contributed by atoms with Gasteiger partial charge in [-0.05, 0) is 17.9 Å². The Morgan fingerprint density at radius 3 is 2.45 bits per heavy atom. The summed E-state index contributed by atoms with van der Waals surface area (Å²) in [7, 11) is 1.88. The van der Waals surface area contributed by atoms with Crippen LogP contribution in [-0.2, 0) is 6.54 Å². The molecule has 2 aromatic rings. The van der Waals surface area contributed by atoms with Gasteiger partial charge in [0.15, 0.2) is 0 Å². The molecule has 0 atom stereocenters.